The minimum absolute atomic E-state index is 0.343. The quantitative estimate of drug-likeness (QED) is 0.552. The summed E-state index contributed by atoms with van der Waals surface area (Å²) < 4.78 is 0. The molecular weight excluding hydrogens is 186 g/mol. The van der Waals surface area contributed by atoms with Crippen LogP contribution in [-0.4, -0.2) is 11.0 Å². The van der Waals surface area contributed by atoms with Gasteiger partial charge in [0.15, 0.2) is 0 Å². The zero-order valence-electron chi connectivity index (χ0n) is 9.66. The van der Waals surface area contributed by atoms with Crippen molar-refractivity contribution >= 4 is 0 Å². The van der Waals surface area contributed by atoms with Gasteiger partial charge in [-0.2, -0.15) is 0 Å². The molecule has 84 valence electrons. The van der Waals surface area contributed by atoms with E-state index in [2.05, 4.69) is 36.4 Å². The molecule has 0 spiro atoms. The van der Waals surface area contributed by atoms with Gasteiger partial charge in [-0.05, 0) is 24.5 Å². The molecule has 0 aliphatic carbocycles. The third kappa shape index (κ3) is 3.98. The molecule has 1 heterocycles. The largest absolute Gasteiger partial charge is 0.271 e. The van der Waals surface area contributed by atoms with E-state index in [1.165, 1.54) is 5.56 Å². The van der Waals surface area contributed by atoms with Crippen molar-refractivity contribution in [1.82, 2.24) is 10.4 Å². The Morgan fingerprint density at radius 3 is 2.67 bits per heavy atom. The average Bonchev–Trinajstić information content (AvgIpc) is 2.29. The van der Waals surface area contributed by atoms with Crippen LogP contribution in [0.25, 0.3) is 0 Å². The molecule has 0 amide bonds. The van der Waals surface area contributed by atoms with Gasteiger partial charge in [0.1, 0.15) is 0 Å². The molecule has 0 bridgehead atoms. The van der Waals surface area contributed by atoms with E-state index in [1.807, 2.05) is 6.20 Å². The second-order valence-electron chi connectivity index (χ2n) is 3.87. The molecule has 3 N–H and O–H groups in total. The molecule has 1 aromatic heterocycles. The standard InChI is InChI=1S/C12H21N3/c1-3-5-12(15-13)8-11-7-6-10(4-2)9-14-11/h6-7,9,12,15H,3-5,8,13H2,1-2H3. The Labute approximate surface area is 92.1 Å². The smallest absolute Gasteiger partial charge is 0.0419 e. The van der Waals surface area contributed by atoms with E-state index in [0.717, 1.165) is 31.4 Å². The Bertz CT molecular complexity index is 269. The summed E-state index contributed by atoms with van der Waals surface area (Å²) in [7, 11) is 0. The van der Waals surface area contributed by atoms with Gasteiger partial charge in [-0.15, -0.1) is 0 Å². The molecule has 3 heteroatoms. The number of aryl methyl sites for hydroxylation is 1. The van der Waals surface area contributed by atoms with E-state index >= 15 is 0 Å². The van der Waals surface area contributed by atoms with Crippen molar-refractivity contribution < 1.29 is 0 Å². The second-order valence-corrected chi connectivity index (χ2v) is 3.87. The number of hydrogen-bond acceptors (Lipinski definition) is 3. The highest BCUT2D eigenvalue weighted by atomic mass is 15.2. The van der Waals surface area contributed by atoms with Gasteiger partial charge in [-0.1, -0.05) is 26.3 Å². The Morgan fingerprint density at radius 2 is 2.20 bits per heavy atom. The summed E-state index contributed by atoms with van der Waals surface area (Å²) in [5.41, 5.74) is 5.24. The molecule has 0 aliphatic heterocycles. The van der Waals surface area contributed by atoms with Crippen LogP contribution in [0.1, 0.15) is 37.9 Å². The van der Waals surface area contributed by atoms with E-state index in [-0.39, 0.29) is 0 Å². The Balaban J connectivity index is 2.55. The molecule has 0 saturated carbocycles. The number of aromatic nitrogens is 1. The van der Waals surface area contributed by atoms with E-state index < -0.39 is 0 Å². The van der Waals surface area contributed by atoms with Crippen molar-refractivity contribution in [3.05, 3.63) is 29.6 Å². The maximum absolute atomic E-state index is 5.48. The lowest BCUT2D eigenvalue weighted by molar-refractivity contribution is 0.482. The zero-order chi connectivity index (χ0) is 11.1. The Kier molecular flexibility index (Phi) is 5.29. The summed E-state index contributed by atoms with van der Waals surface area (Å²) in [4.78, 5) is 4.42. The lowest BCUT2D eigenvalue weighted by Crippen LogP contribution is -2.36. The molecule has 1 aromatic rings. The highest BCUT2D eigenvalue weighted by Crippen LogP contribution is 2.06. The lowest BCUT2D eigenvalue weighted by Gasteiger charge is -2.14. The van der Waals surface area contributed by atoms with Crippen LogP contribution in [-0.2, 0) is 12.8 Å². The molecule has 1 unspecified atom stereocenters. The van der Waals surface area contributed by atoms with Gasteiger partial charge < -0.3 is 0 Å². The van der Waals surface area contributed by atoms with E-state index in [0.29, 0.717) is 6.04 Å². The topological polar surface area (TPSA) is 50.9 Å². The second kappa shape index (κ2) is 6.53. The van der Waals surface area contributed by atoms with Crippen LogP contribution in [0.5, 0.6) is 0 Å². The molecule has 0 aliphatic rings. The average molecular weight is 207 g/mol. The lowest BCUT2D eigenvalue weighted by atomic mass is 10.1. The first-order chi connectivity index (χ1) is 7.30. The molecular formula is C12H21N3. The highest BCUT2D eigenvalue weighted by Gasteiger charge is 2.06. The predicted molar refractivity (Wildman–Crippen MR) is 63.3 cm³/mol. The third-order valence-electron chi connectivity index (χ3n) is 2.62. The summed E-state index contributed by atoms with van der Waals surface area (Å²) in [6, 6.07) is 4.58. The maximum atomic E-state index is 5.48. The zero-order valence-corrected chi connectivity index (χ0v) is 9.66. The molecule has 0 aromatic carbocycles. The molecule has 15 heavy (non-hydrogen) atoms. The fourth-order valence-electron chi connectivity index (χ4n) is 1.63. The molecule has 0 radical (unpaired) electrons. The molecule has 1 atom stereocenters. The summed E-state index contributed by atoms with van der Waals surface area (Å²) in [5.74, 6) is 5.48. The van der Waals surface area contributed by atoms with E-state index in [1.54, 1.807) is 0 Å². The number of nitrogens with two attached hydrogens (primary N) is 1. The first-order valence-electron chi connectivity index (χ1n) is 5.70. The SMILES string of the molecule is CCCC(Cc1ccc(CC)cn1)NN. The first-order valence-corrected chi connectivity index (χ1v) is 5.70. The van der Waals surface area contributed by atoms with Gasteiger partial charge in [0.2, 0.25) is 0 Å². The summed E-state index contributed by atoms with van der Waals surface area (Å²) in [5, 5.41) is 0. The highest BCUT2D eigenvalue weighted by molar-refractivity contribution is 5.14. The van der Waals surface area contributed by atoms with Gasteiger partial charge in [-0.3, -0.25) is 16.3 Å². The van der Waals surface area contributed by atoms with Gasteiger partial charge >= 0.3 is 0 Å². The molecule has 0 fully saturated rings. The van der Waals surface area contributed by atoms with E-state index in [9.17, 15) is 0 Å². The van der Waals surface area contributed by atoms with Gasteiger partial charge in [0, 0.05) is 24.4 Å². The van der Waals surface area contributed by atoms with Crippen LogP contribution in [0, 0.1) is 0 Å². The van der Waals surface area contributed by atoms with Crippen LogP contribution in [0.15, 0.2) is 18.3 Å². The monoisotopic (exact) mass is 207 g/mol. The number of nitrogens with one attached hydrogen (secondary N) is 1. The van der Waals surface area contributed by atoms with Crippen molar-refractivity contribution in [2.24, 2.45) is 5.84 Å². The minimum Gasteiger partial charge on any atom is -0.271 e. The van der Waals surface area contributed by atoms with Crippen molar-refractivity contribution in [2.75, 3.05) is 0 Å². The normalized spacial score (nSPS) is 12.7. The number of hydrogen-bond donors (Lipinski definition) is 2. The molecule has 3 nitrogen and oxygen atoms in total. The van der Waals surface area contributed by atoms with Crippen LogP contribution in [0.4, 0.5) is 0 Å². The third-order valence-corrected chi connectivity index (χ3v) is 2.62. The van der Waals surface area contributed by atoms with Crippen LogP contribution >= 0.6 is 0 Å². The minimum atomic E-state index is 0.343. The molecule has 1 rings (SSSR count). The molecule has 0 saturated heterocycles. The maximum Gasteiger partial charge on any atom is 0.0419 e. The van der Waals surface area contributed by atoms with Crippen molar-refractivity contribution in [2.45, 2.75) is 45.6 Å². The van der Waals surface area contributed by atoms with Crippen molar-refractivity contribution in [3.63, 3.8) is 0 Å². The Hall–Kier alpha value is -0.930. The van der Waals surface area contributed by atoms with Crippen LogP contribution in [0.2, 0.25) is 0 Å². The fourth-order valence-corrected chi connectivity index (χ4v) is 1.63. The Morgan fingerprint density at radius 1 is 1.40 bits per heavy atom. The summed E-state index contributed by atoms with van der Waals surface area (Å²) in [6.45, 7) is 4.30. The number of nitrogens with zero attached hydrogens (tertiary/aromatic N) is 1. The van der Waals surface area contributed by atoms with Gasteiger partial charge in [0.05, 0.1) is 0 Å². The van der Waals surface area contributed by atoms with E-state index in [4.69, 9.17) is 5.84 Å². The summed E-state index contributed by atoms with van der Waals surface area (Å²) in [6.07, 6.45) is 6.14. The number of pyridine rings is 1. The van der Waals surface area contributed by atoms with Crippen molar-refractivity contribution in [3.8, 4) is 0 Å². The van der Waals surface area contributed by atoms with Crippen molar-refractivity contribution in [1.29, 1.82) is 0 Å². The first kappa shape index (κ1) is 12.1. The van der Waals surface area contributed by atoms with Gasteiger partial charge in [0.25, 0.3) is 0 Å². The predicted octanol–water partition coefficient (Wildman–Crippen LogP) is 1.82. The van der Waals surface area contributed by atoms with Gasteiger partial charge in [-0.25, -0.2) is 0 Å². The number of rotatable bonds is 6. The van der Waals surface area contributed by atoms with Crippen LogP contribution in [0.3, 0.4) is 0 Å². The van der Waals surface area contributed by atoms with Crippen LogP contribution < -0.4 is 11.3 Å². The summed E-state index contributed by atoms with van der Waals surface area (Å²) >= 11 is 0. The fraction of sp³-hybridized carbons (Fsp3) is 0.583. The number of hydrazine groups is 1.